The fourth-order valence-corrected chi connectivity index (χ4v) is 1.28. The number of hydrogen-bond acceptors (Lipinski definition) is 4. The molecule has 0 aliphatic heterocycles. The number of amides is 1. The molecule has 0 radical (unpaired) electrons. The minimum Gasteiger partial charge on any atom is -0.494 e. The molecule has 1 aromatic rings. The van der Waals surface area contributed by atoms with Gasteiger partial charge in [0.25, 0.3) is 5.56 Å². The quantitative estimate of drug-likeness (QED) is 0.599. The molecule has 16 heavy (non-hydrogen) atoms. The number of primary amides is 1. The van der Waals surface area contributed by atoms with Crippen molar-refractivity contribution in [3.8, 4) is 5.88 Å². The van der Waals surface area contributed by atoms with Gasteiger partial charge < -0.3 is 10.8 Å². The smallest absolute Gasteiger partial charge is 0.331 e. The van der Waals surface area contributed by atoms with Gasteiger partial charge in [0.05, 0.1) is 5.56 Å². The van der Waals surface area contributed by atoms with E-state index in [1.165, 1.54) is 6.92 Å². The molecule has 0 aliphatic rings. The Hall–Kier alpha value is -2.05. The van der Waals surface area contributed by atoms with Crippen molar-refractivity contribution in [3.63, 3.8) is 0 Å². The number of hydrogen-bond donors (Lipinski definition) is 3. The first-order chi connectivity index (χ1) is 7.43. The molecule has 0 fully saturated rings. The number of carbonyl (C=O) groups is 1. The fourth-order valence-electron chi connectivity index (χ4n) is 1.28. The van der Waals surface area contributed by atoms with Gasteiger partial charge >= 0.3 is 5.69 Å². The van der Waals surface area contributed by atoms with Crippen LogP contribution in [-0.4, -0.2) is 20.6 Å². The van der Waals surface area contributed by atoms with Crippen molar-refractivity contribution >= 4 is 5.91 Å². The Bertz CT molecular complexity index is 514. The lowest BCUT2D eigenvalue weighted by atomic mass is 10.3. The summed E-state index contributed by atoms with van der Waals surface area (Å²) in [6.45, 7) is 1.53. The molecular formula is C9H13N3O4. The molecule has 1 rings (SSSR count). The highest BCUT2D eigenvalue weighted by molar-refractivity contribution is 5.73. The summed E-state index contributed by atoms with van der Waals surface area (Å²) in [6, 6.07) is 0. The number of nitrogens with one attached hydrogen (secondary N) is 1. The summed E-state index contributed by atoms with van der Waals surface area (Å²) in [4.78, 5) is 35.0. The average molecular weight is 227 g/mol. The van der Waals surface area contributed by atoms with Crippen LogP contribution in [0.1, 0.15) is 18.4 Å². The zero-order valence-corrected chi connectivity index (χ0v) is 8.82. The lowest BCUT2D eigenvalue weighted by Gasteiger charge is -2.08. The number of nitrogens with zero attached hydrogens (tertiary/aromatic N) is 1. The first kappa shape index (κ1) is 12.0. The molecular weight excluding hydrogens is 214 g/mol. The molecule has 0 bridgehead atoms. The van der Waals surface area contributed by atoms with E-state index in [-0.39, 0.29) is 24.4 Å². The minimum atomic E-state index is -0.697. The zero-order valence-electron chi connectivity index (χ0n) is 8.82. The molecule has 0 saturated heterocycles. The maximum atomic E-state index is 11.3. The highest BCUT2D eigenvalue weighted by atomic mass is 16.3. The van der Waals surface area contributed by atoms with Gasteiger partial charge in [-0.3, -0.25) is 19.1 Å². The van der Waals surface area contributed by atoms with Crippen LogP contribution in [0.3, 0.4) is 0 Å². The SMILES string of the molecule is Cc1c(O)n(CCCC(N)=O)c(=O)[nH]c1=O. The summed E-state index contributed by atoms with van der Waals surface area (Å²) in [5.74, 6) is -0.855. The van der Waals surface area contributed by atoms with Crippen molar-refractivity contribution in [2.24, 2.45) is 5.73 Å². The summed E-state index contributed by atoms with van der Waals surface area (Å²) in [5.41, 5.74) is 3.69. The number of aromatic amines is 1. The van der Waals surface area contributed by atoms with E-state index in [2.05, 4.69) is 4.98 Å². The second kappa shape index (κ2) is 4.65. The summed E-state index contributed by atoms with van der Waals surface area (Å²) in [5, 5.41) is 9.55. The maximum Gasteiger partial charge on any atom is 0.331 e. The summed E-state index contributed by atoms with van der Waals surface area (Å²) >= 11 is 0. The van der Waals surface area contributed by atoms with E-state index in [0.29, 0.717) is 6.42 Å². The Morgan fingerprint density at radius 2 is 2.12 bits per heavy atom. The van der Waals surface area contributed by atoms with E-state index in [4.69, 9.17) is 5.73 Å². The molecule has 7 nitrogen and oxygen atoms in total. The Morgan fingerprint density at radius 1 is 1.50 bits per heavy atom. The van der Waals surface area contributed by atoms with Gasteiger partial charge in [-0.15, -0.1) is 0 Å². The van der Waals surface area contributed by atoms with Gasteiger partial charge in [0.15, 0.2) is 0 Å². The zero-order chi connectivity index (χ0) is 12.3. The molecule has 0 spiro atoms. The number of nitrogens with two attached hydrogens (primary N) is 1. The normalized spacial score (nSPS) is 10.3. The molecule has 0 unspecified atom stereocenters. The third-order valence-corrected chi connectivity index (χ3v) is 2.20. The van der Waals surface area contributed by atoms with Gasteiger partial charge in [0.2, 0.25) is 11.8 Å². The first-order valence-corrected chi connectivity index (χ1v) is 4.74. The highest BCUT2D eigenvalue weighted by Gasteiger charge is 2.09. The van der Waals surface area contributed by atoms with Gasteiger partial charge in [0.1, 0.15) is 0 Å². The summed E-state index contributed by atoms with van der Waals surface area (Å²) in [7, 11) is 0. The lowest BCUT2D eigenvalue weighted by Crippen LogP contribution is -2.31. The molecule has 1 amide bonds. The third-order valence-electron chi connectivity index (χ3n) is 2.20. The van der Waals surface area contributed by atoms with Crippen LogP contribution in [0, 0.1) is 6.92 Å². The van der Waals surface area contributed by atoms with E-state index in [1.54, 1.807) is 0 Å². The molecule has 0 aromatic carbocycles. The number of aromatic hydroxyl groups is 1. The molecule has 88 valence electrons. The van der Waals surface area contributed by atoms with Gasteiger partial charge in [0, 0.05) is 13.0 Å². The Morgan fingerprint density at radius 3 is 2.69 bits per heavy atom. The number of H-pyrrole nitrogens is 1. The van der Waals surface area contributed by atoms with Gasteiger partial charge in [-0.05, 0) is 13.3 Å². The number of rotatable bonds is 4. The molecule has 1 heterocycles. The Labute approximate surface area is 90.5 Å². The molecule has 7 heteroatoms. The summed E-state index contributed by atoms with van der Waals surface area (Å²) < 4.78 is 1.000. The monoisotopic (exact) mass is 227 g/mol. The third kappa shape index (κ3) is 2.50. The molecule has 4 N–H and O–H groups in total. The van der Waals surface area contributed by atoms with Crippen molar-refractivity contribution in [1.29, 1.82) is 0 Å². The molecule has 0 aliphatic carbocycles. The highest BCUT2D eigenvalue weighted by Crippen LogP contribution is 2.08. The Kier molecular flexibility index (Phi) is 3.49. The average Bonchev–Trinajstić information content (AvgIpc) is 2.19. The van der Waals surface area contributed by atoms with Crippen molar-refractivity contribution in [2.75, 3.05) is 0 Å². The minimum absolute atomic E-state index is 0.0682. The van der Waals surface area contributed by atoms with Crippen LogP contribution in [0.25, 0.3) is 0 Å². The first-order valence-electron chi connectivity index (χ1n) is 4.74. The topological polar surface area (TPSA) is 118 Å². The van der Waals surface area contributed by atoms with E-state index in [9.17, 15) is 19.5 Å². The summed E-state index contributed by atoms with van der Waals surface area (Å²) in [6.07, 6.45) is 0.443. The molecule has 0 atom stereocenters. The van der Waals surface area contributed by atoms with Gasteiger partial charge in [-0.25, -0.2) is 4.79 Å². The van der Waals surface area contributed by atoms with Gasteiger partial charge in [-0.2, -0.15) is 0 Å². The number of aromatic nitrogens is 2. The van der Waals surface area contributed by atoms with Crippen molar-refractivity contribution in [2.45, 2.75) is 26.3 Å². The maximum absolute atomic E-state index is 11.3. The van der Waals surface area contributed by atoms with E-state index < -0.39 is 17.2 Å². The van der Waals surface area contributed by atoms with Gasteiger partial charge in [-0.1, -0.05) is 0 Å². The second-order valence-corrected chi connectivity index (χ2v) is 3.43. The van der Waals surface area contributed by atoms with E-state index in [1.807, 2.05) is 0 Å². The molecule has 0 saturated carbocycles. The fraction of sp³-hybridized carbons (Fsp3) is 0.444. The lowest BCUT2D eigenvalue weighted by molar-refractivity contribution is -0.118. The Balaban J connectivity index is 2.97. The van der Waals surface area contributed by atoms with Crippen LogP contribution < -0.4 is 17.0 Å². The van der Waals surface area contributed by atoms with Crippen molar-refractivity contribution in [1.82, 2.24) is 9.55 Å². The van der Waals surface area contributed by atoms with E-state index in [0.717, 1.165) is 4.57 Å². The van der Waals surface area contributed by atoms with Crippen LogP contribution in [0.4, 0.5) is 0 Å². The van der Waals surface area contributed by atoms with Crippen LogP contribution in [-0.2, 0) is 11.3 Å². The largest absolute Gasteiger partial charge is 0.494 e. The number of carbonyl (C=O) groups excluding carboxylic acids is 1. The van der Waals surface area contributed by atoms with Crippen molar-refractivity contribution in [3.05, 3.63) is 26.4 Å². The van der Waals surface area contributed by atoms with Crippen LogP contribution in [0.15, 0.2) is 9.59 Å². The predicted octanol–water partition coefficient (Wildman–Crippen LogP) is -1.18. The predicted molar refractivity (Wildman–Crippen MR) is 56.2 cm³/mol. The van der Waals surface area contributed by atoms with E-state index >= 15 is 0 Å². The van der Waals surface area contributed by atoms with Crippen LogP contribution in [0.5, 0.6) is 5.88 Å². The van der Waals surface area contributed by atoms with Crippen LogP contribution in [0.2, 0.25) is 0 Å². The van der Waals surface area contributed by atoms with Crippen molar-refractivity contribution < 1.29 is 9.90 Å². The van der Waals surface area contributed by atoms with Crippen LogP contribution >= 0.6 is 0 Å². The second-order valence-electron chi connectivity index (χ2n) is 3.43. The molecule has 1 aromatic heterocycles. The standard InChI is InChI=1S/C9H13N3O4/c1-5-7(14)11-9(16)12(8(5)15)4-2-3-6(10)13/h15H,2-4H2,1H3,(H2,10,13)(H,11,14,16).